The third-order valence-electron chi connectivity index (χ3n) is 4.61. The topological polar surface area (TPSA) is 61.4 Å². The Kier molecular flexibility index (Phi) is 8.30. The van der Waals surface area contributed by atoms with Gasteiger partial charge in [-0.15, -0.1) is 12.4 Å². The van der Waals surface area contributed by atoms with Gasteiger partial charge in [-0.05, 0) is 30.7 Å². The highest BCUT2D eigenvalue weighted by Crippen LogP contribution is 2.19. The Bertz CT molecular complexity index is 717. The minimum atomic E-state index is -0.340. The summed E-state index contributed by atoms with van der Waals surface area (Å²) in [6.45, 7) is 3.24. The quantitative estimate of drug-likeness (QED) is 0.829. The molecule has 5 nitrogen and oxygen atoms in total. The highest BCUT2D eigenvalue weighted by atomic mass is 35.5. The molecule has 6 heteroatoms. The van der Waals surface area contributed by atoms with Gasteiger partial charge in [-0.1, -0.05) is 48.5 Å². The summed E-state index contributed by atoms with van der Waals surface area (Å²) in [4.78, 5) is 27.3. The Morgan fingerprint density at radius 3 is 2.33 bits per heavy atom. The van der Waals surface area contributed by atoms with Crippen LogP contribution in [-0.2, 0) is 4.79 Å². The number of halogens is 1. The van der Waals surface area contributed by atoms with E-state index in [2.05, 4.69) is 10.6 Å². The Hall–Kier alpha value is -2.37. The lowest BCUT2D eigenvalue weighted by Crippen LogP contribution is -2.38. The van der Waals surface area contributed by atoms with E-state index in [0.29, 0.717) is 12.1 Å². The van der Waals surface area contributed by atoms with Crippen LogP contribution in [0.5, 0.6) is 0 Å². The number of nitrogens with one attached hydrogen (secondary N) is 2. The molecule has 2 amide bonds. The number of carbonyl (C=O) groups excluding carboxylic acids is 2. The first-order valence-electron chi connectivity index (χ1n) is 9.13. The minimum absolute atomic E-state index is 0. The molecule has 1 unspecified atom stereocenters. The Balaban J connectivity index is 0.00000261. The molecular weight excluding hydrogens is 362 g/mol. The average molecular weight is 388 g/mol. The van der Waals surface area contributed by atoms with Crippen LogP contribution in [0.4, 0.5) is 0 Å². The fourth-order valence-electron chi connectivity index (χ4n) is 3.17. The first-order valence-corrected chi connectivity index (χ1v) is 9.13. The predicted octanol–water partition coefficient (Wildman–Crippen LogP) is 2.79. The molecule has 1 aliphatic rings. The molecule has 1 saturated heterocycles. The van der Waals surface area contributed by atoms with E-state index in [4.69, 9.17) is 0 Å². The number of hydrogen-bond donors (Lipinski definition) is 2. The van der Waals surface area contributed by atoms with Crippen molar-refractivity contribution in [2.75, 3.05) is 26.2 Å². The number of carbonyl (C=O) groups is 2. The van der Waals surface area contributed by atoms with E-state index in [-0.39, 0.29) is 36.7 Å². The maximum absolute atomic E-state index is 12.8. The van der Waals surface area contributed by atoms with Gasteiger partial charge in [-0.2, -0.15) is 0 Å². The standard InChI is InChI=1S/C21H25N3O2.ClH/c25-20(24-14-7-12-22-13-15-24)16-19(17-8-3-1-4-9-17)23-21(26)18-10-5-2-6-11-18;/h1-6,8-11,19,22H,7,12-16H2,(H,23,26);1H. The van der Waals surface area contributed by atoms with Crippen molar-refractivity contribution in [2.45, 2.75) is 18.9 Å². The fourth-order valence-corrected chi connectivity index (χ4v) is 3.17. The second-order valence-corrected chi connectivity index (χ2v) is 6.49. The van der Waals surface area contributed by atoms with Gasteiger partial charge in [-0.3, -0.25) is 9.59 Å². The van der Waals surface area contributed by atoms with Crippen LogP contribution in [0.1, 0.15) is 34.8 Å². The van der Waals surface area contributed by atoms with Crippen molar-refractivity contribution in [3.05, 3.63) is 71.8 Å². The lowest BCUT2D eigenvalue weighted by molar-refractivity contribution is -0.131. The second kappa shape index (κ2) is 10.7. The molecule has 27 heavy (non-hydrogen) atoms. The van der Waals surface area contributed by atoms with Gasteiger partial charge >= 0.3 is 0 Å². The lowest BCUT2D eigenvalue weighted by atomic mass is 10.0. The Morgan fingerprint density at radius 2 is 1.63 bits per heavy atom. The van der Waals surface area contributed by atoms with E-state index in [0.717, 1.165) is 31.6 Å². The van der Waals surface area contributed by atoms with E-state index in [1.165, 1.54) is 0 Å². The number of amides is 2. The SMILES string of the molecule is Cl.O=C(NC(CC(=O)N1CCCNCC1)c1ccccc1)c1ccccc1. The summed E-state index contributed by atoms with van der Waals surface area (Å²) in [6, 6.07) is 18.5. The van der Waals surface area contributed by atoms with Crippen molar-refractivity contribution < 1.29 is 9.59 Å². The minimum Gasteiger partial charge on any atom is -0.345 e. The van der Waals surface area contributed by atoms with Crippen molar-refractivity contribution in [3.63, 3.8) is 0 Å². The van der Waals surface area contributed by atoms with E-state index in [1.807, 2.05) is 53.4 Å². The van der Waals surface area contributed by atoms with Gasteiger partial charge in [0.1, 0.15) is 0 Å². The normalized spacial score (nSPS) is 15.2. The van der Waals surface area contributed by atoms with Gasteiger partial charge in [0.25, 0.3) is 5.91 Å². The highest BCUT2D eigenvalue weighted by Gasteiger charge is 2.23. The van der Waals surface area contributed by atoms with Crippen molar-refractivity contribution in [3.8, 4) is 0 Å². The molecule has 1 atom stereocenters. The molecule has 0 saturated carbocycles. The van der Waals surface area contributed by atoms with Crippen molar-refractivity contribution in [1.29, 1.82) is 0 Å². The van der Waals surface area contributed by atoms with Gasteiger partial charge in [0.05, 0.1) is 12.5 Å². The van der Waals surface area contributed by atoms with Gasteiger partial charge in [-0.25, -0.2) is 0 Å². The summed E-state index contributed by atoms with van der Waals surface area (Å²) in [7, 11) is 0. The molecule has 1 aliphatic heterocycles. The third kappa shape index (κ3) is 6.08. The molecule has 0 radical (unpaired) electrons. The zero-order valence-corrected chi connectivity index (χ0v) is 16.1. The van der Waals surface area contributed by atoms with Crippen LogP contribution in [0.3, 0.4) is 0 Å². The summed E-state index contributed by atoms with van der Waals surface area (Å²) >= 11 is 0. The van der Waals surface area contributed by atoms with Gasteiger partial charge < -0.3 is 15.5 Å². The van der Waals surface area contributed by atoms with Crippen LogP contribution in [0.15, 0.2) is 60.7 Å². The maximum Gasteiger partial charge on any atom is 0.251 e. The molecule has 0 aliphatic carbocycles. The zero-order valence-electron chi connectivity index (χ0n) is 15.3. The summed E-state index contributed by atoms with van der Waals surface area (Å²) in [5.74, 6) is -0.0827. The van der Waals surface area contributed by atoms with Crippen LogP contribution in [0, 0.1) is 0 Å². The molecule has 2 aromatic rings. The van der Waals surface area contributed by atoms with Crippen LogP contribution < -0.4 is 10.6 Å². The van der Waals surface area contributed by atoms with Crippen LogP contribution in [-0.4, -0.2) is 42.9 Å². The van der Waals surface area contributed by atoms with E-state index in [9.17, 15) is 9.59 Å². The molecule has 3 rings (SSSR count). The summed E-state index contributed by atoms with van der Waals surface area (Å²) < 4.78 is 0. The number of nitrogens with zero attached hydrogens (tertiary/aromatic N) is 1. The van der Waals surface area contributed by atoms with E-state index >= 15 is 0 Å². The second-order valence-electron chi connectivity index (χ2n) is 6.49. The first kappa shape index (κ1) is 20.9. The molecule has 2 N–H and O–H groups in total. The van der Waals surface area contributed by atoms with Gasteiger partial charge in [0.15, 0.2) is 0 Å². The molecule has 1 fully saturated rings. The summed E-state index contributed by atoms with van der Waals surface area (Å²) in [5, 5.41) is 6.34. The molecule has 0 spiro atoms. The smallest absolute Gasteiger partial charge is 0.251 e. The Morgan fingerprint density at radius 1 is 0.963 bits per heavy atom. The fraction of sp³-hybridized carbons (Fsp3) is 0.333. The van der Waals surface area contributed by atoms with Crippen LogP contribution in [0.25, 0.3) is 0 Å². The van der Waals surface area contributed by atoms with Crippen LogP contribution in [0.2, 0.25) is 0 Å². The zero-order chi connectivity index (χ0) is 18.2. The molecule has 2 aromatic carbocycles. The Labute approximate surface area is 166 Å². The highest BCUT2D eigenvalue weighted by molar-refractivity contribution is 5.94. The van der Waals surface area contributed by atoms with E-state index in [1.54, 1.807) is 12.1 Å². The van der Waals surface area contributed by atoms with Crippen LogP contribution >= 0.6 is 12.4 Å². The number of hydrogen-bond acceptors (Lipinski definition) is 3. The molecule has 0 bridgehead atoms. The maximum atomic E-state index is 12.8. The molecule has 144 valence electrons. The van der Waals surface area contributed by atoms with Crippen molar-refractivity contribution >= 4 is 24.2 Å². The lowest BCUT2D eigenvalue weighted by Gasteiger charge is -2.24. The predicted molar refractivity (Wildman–Crippen MR) is 109 cm³/mol. The van der Waals surface area contributed by atoms with Gasteiger partial charge in [0, 0.05) is 25.2 Å². The molecular formula is C21H26ClN3O2. The summed E-state index contributed by atoms with van der Waals surface area (Å²) in [6.07, 6.45) is 1.22. The third-order valence-corrected chi connectivity index (χ3v) is 4.61. The number of benzene rings is 2. The van der Waals surface area contributed by atoms with E-state index < -0.39 is 0 Å². The average Bonchev–Trinajstić information content (AvgIpc) is 2.98. The summed E-state index contributed by atoms with van der Waals surface area (Å²) in [5.41, 5.74) is 1.54. The van der Waals surface area contributed by atoms with Crippen molar-refractivity contribution in [1.82, 2.24) is 15.5 Å². The molecule has 0 aromatic heterocycles. The number of rotatable bonds is 5. The largest absolute Gasteiger partial charge is 0.345 e. The monoisotopic (exact) mass is 387 g/mol. The molecule has 1 heterocycles. The first-order chi connectivity index (χ1) is 12.7. The van der Waals surface area contributed by atoms with Gasteiger partial charge in [0.2, 0.25) is 5.91 Å². The van der Waals surface area contributed by atoms with Crippen molar-refractivity contribution in [2.24, 2.45) is 0 Å².